The van der Waals surface area contributed by atoms with E-state index in [1.165, 1.54) is 61.3 Å². The fourth-order valence-corrected chi connectivity index (χ4v) is 5.54. The summed E-state index contributed by atoms with van der Waals surface area (Å²) in [6, 6.07) is 17.9. The van der Waals surface area contributed by atoms with Gasteiger partial charge in [-0.05, 0) is 60.0 Å². The number of nitrogens with zero attached hydrogens (tertiary/aromatic N) is 2. The van der Waals surface area contributed by atoms with E-state index in [1.54, 1.807) is 4.90 Å². The van der Waals surface area contributed by atoms with Crippen molar-refractivity contribution in [2.24, 2.45) is 0 Å². The van der Waals surface area contributed by atoms with Crippen molar-refractivity contribution in [2.45, 2.75) is 17.9 Å². The van der Waals surface area contributed by atoms with Gasteiger partial charge in [-0.1, -0.05) is 24.3 Å². The van der Waals surface area contributed by atoms with Gasteiger partial charge in [-0.3, -0.25) is 13.9 Å². The van der Waals surface area contributed by atoms with Gasteiger partial charge in [0.1, 0.15) is 11.3 Å². The molecule has 0 spiro atoms. The molecule has 178 valence electrons. The summed E-state index contributed by atoms with van der Waals surface area (Å²) in [4.78, 5) is 31.1. The van der Waals surface area contributed by atoms with Crippen molar-refractivity contribution in [3.05, 3.63) is 99.8 Å². The standard InChI is InChI=1S/C26H23N3O5S/c1-28(19-6-8-20(30)9-7-19)35(33,34)21-10-11-24-22(14-21)25(31)23(15-27-24)26(32)29-13-12-17-4-2-3-5-18(17)16-29/h2-11,14-15,30H,12-13,16H2,1H3,(H,27,31). The molecule has 0 bridgehead atoms. The molecule has 4 aromatic rings. The Hall–Kier alpha value is -4.11. The van der Waals surface area contributed by atoms with Crippen molar-refractivity contribution in [1.29, 1.82) is 0 Å². The second kappa shape index (κ2) is 8.59. The highest BCUT2D eigenvalue weighted by Gasteiger charge is 2.26. The van der Waals surface area contributed by atoms with Crippen molar-refractivity contribution in [1.82, 2.24) is 9.88 Å². The zero-order chi connectivity index (χ0) is 24.7. The Bertz CT molecular complexity index is 1610. The second-order valence-corrected chi connectivity index (χ2v) is 10.4. The minimum atomic E-state index is -4.00. The Balaban J connectivity index is 1.50. The first-order chi connectivity index (χ1) is 16.8. The van der Waals surface area contributed by atoms with E-state index in [-0.39, 0.29) is 21.6 Å². The molecular weight excluding hydrogens is 466 g/mol. The van der Waals surface area contributed by atoms with E-state index in [4.69, 9.17) is 0 Å². The molecule has 1 aliphatic heterocycles. The molecule has 1 amide bonds. The van der Waals surface area contributed by atoms with Crippen molar-refractivity contribution >= 4 is 32.5 Å². The van der Waals surface area contributed by atoms with E-state index >= 15 is 0 Å². The van der Waals surface area contributed by atoms with Crippen LogP contribution in [0.25, 0.3) is 10.9 Å². The molecule has 0 aliphatic carbocycles. The van der Waals surface area contributed by atoms with Crippen LogP contribution in [0.5, 0.6) is 5.75 Å². The predicted octanol–water partition coefficient (Wildman–Crippen LogP) is 3.26. The molecule has 0 saturated heterocycles. The number of sulfonamides is 1. The molecule has 0 unspecified atom stereocenters. The summed E-state index contributed by atoms with van der Waals surface area (Å²) in [5.74, 6) is -0.372. The number of anilines is 1. The number of phenols is 1. The van der Waals surface area contributed by atoms with Crippen LogP contribution in [-0.2, 0) is 23.0 Å². The Morgan fingerprint density at radius 2 is 1.74 bits per heavy atom. The first-order valence-corrected chi connectivity index (χ1v) is 12.5. The molecule has 1 aromatic heterocycles. The van der Waals surface area contributed by atoms with E-state index in [2.05, 4.69) is 4.98 Å². The summed E-state index contributed by atoms with van der Waals surface area (Å²) >= 11 is 0. The average Bonchev–Trinajstić information content (AvgIpc) is 2.88. The number of carbonyl (C=O) groups is 1. The largest absolute Gasteiger partial charge is 0.508 e. The number of rotatable bonds is 4. The number of aromatic amines is 1. The topological polar surface area (TPSA) is 111 Å². The van der Waals surface area contributed by atoms with Crippen molar-refractivity contribution in [3.8, 4) is 5.75 Å². The second-order valence-electron chi connectivity index (χ2n) is 8.47. The minimum Gasteiger partial charge on any atom is -0.508 e. The quantitative estimate of drug-likeness (QED) is 0.457. The van der Waals surface area contributed by atoms with Crippen molar-refractivity contribution in [3.63, 3.8) is 0 Å². The molecule has 3 aromatic carbocycles. The Labute approximate surface area is 202 Å². The van der Waals surface area contributed by atoms with Gasteiger partial charge in [0, 0.05) is 37.2 Å². The number of aromatic hydroxyl groups is 1. The minimum absolute atomic E-state index is 0.0196. The number of carbonyl (C=O) groups excluding carboxylic acids is 1. The number of nitrogens with one attached hydrogen (secondary N) is 1. The number of pyridine rings is 1. The summed E-state index contributed by atoms with van der Waals surface area (Å²) in [7, 11) is -2.60. The van der Waals surface area contributed by atoms with Crippen LogP contribution < -0.4 is 9.73 Å². The van der Waals surface area contributed by atoms with E-state index in [0.29, 0.717) is 30.7 Å². The smallest absolute Gasteiger partial charge is 0.264 e. The maximum Gasteiger partial charge on any atom is 0.264 e. The SMILES string of the molecule is CN(c1ccc(O)cc1)S(=O)(=O)c1ccc2[nH]cc(C(=O)N3CCc4ccccc4C3)c(=O)c2c1. The number of hydrogen-bond acceptors (Lipinski definition) is 5. The number of aromatic nitrogens is 1. The maximum absolute atomic E-state index is 13.3. The lowest BCUT2D eigenvalue weighted by Crippen LogP contribution is -2.38. The molecule has 0 atom stereocenters. The monoisotopic (exact) mass is 489 g/mol. The molecule has 0 saturated carbocycles. The Kier molecular flexibility index (Phi) is 5.56. The number of fused-ring (bicyclic) bond motifs is 2. The third kappa shape index (κ3) is 4.04. The number of H-pyrrole nitrogens is 1. The van der Waals surface area contributed by atoms with Crippen LogP contribution in [0.1, 0.15) is 21.5 Å². The molecular formula is C26H23N3O5S. The summed E-state index contributed by atoms with van der Waals surface area (Å²) in [6.07, 6.45) is 2.10. The Morgan fingerprint density at radius 1 is 1.03 bits per heavy atom. The first-order valence-electron chi connectivity index (χ1n) is 11.0. The van der Waals surface area contributed by atoms with Gasteiger partial charge in [0.05, 0.1) is 10.6 Å². The number of hydrogen-bond donors (Lipinski definition) is 2. The van der Waals surface area contributed by atoms with Crippen LogP contribution in [0.3, 0.4) is 0 Å². The lowest BCUT2D eigenvalue weighted by molar-refractivity contribution is 0.0733. The third-order valence-corrected chi connectivity index (χ3v) is 8.15. The van der Waals surface area contributed by atoms with Gasteiger partial charge in [-0.15, -0.1) is 0 Å². The number of benzene rings is 3. The van der Waals surface area contributed by atoms with E-state index in [1.807, 2.05) is 24.3 Å². The normalized spacial score (nSPS) is 13.5. The van der Waals surface area contributed by atoms with Crippen molar-refractivity contribution < 1.29 is 18.3 Å². The van der Waals surface area contributed by atoms with Crippen LogP contribution in [-0.4, -0.2) is 42.9 Å². The van der Waals surface area contributed by atoms with E-state index in [9.17, 15) is 23.1 Å². The highest BCUT2D eigenvalue weighted by Crippen LogP contribution is 2.26. The highest BCUT2D eigenvalue weighted by atomic mass is 32.2. The summed E-state index contributed by atoms with van der Waals surface area (Å²) in [5, 5.41) is 9.60. The maximum atomic E-state index is 13.3. The van der Waals surface area contributed by atoms with Gasteiger partial charge in [-0.2, -0.15) is 0 Å². The number of amides is 1. The predicted molar refractivity (Wildman–Crippen MR) is 133 cm³/mol. The molecule has 5 rings (SSSR count). The van der Waals surface area contributed by atoms with Crippen LogP contribution in [0.4, 0.5) is 5.69 Å². The summed E-state index contributed by atoms with van der Waals surface area (Å²) in [5.41, 5.74) is 2.48. The van der Waals surface area contributed by atoms with Crippen LogP contribution in [0, 0.1) is 0 Å². The van der Waals surface area contributed by atoms with E-state index in [0.717, 1.165) is 9.87 Å². The zero-order valence-corrected chi connectivity index (χ0v) is 19.7. The van der Waals surface area contributed by atoms with Gasteiger partial charge >= 0.3 is 0 Å². The molecule has 9 heteroatoms. The van der Waals surface area contributed by atoms with Gasteiger partial charge in [-0.25, -0.2) is 8.42 Å². The van der Waals surface area contributed by atoms with Gasteiger partial charge in [0.25, 0.3) is 15.9 Å². The fraction of sp³-hybridized carbons (Fsp3) is 0.154. The molecule has 0 radical (unpaired) electrons. The molecule has 0 fully saturated rings. The fourth-order valence-electron chi connectivity index (χ4n) is 4.32. The average molecular weight is 490 g/mol. The molecule has 2 N–H and O–H groups in total. The molecule has 35 heavy (non-hydrogen) atoms. The molecule has 2 heterocycles. The van der Waals surface area contributed by atoms with Crippen molar-refractivity contribution in [2.75, 3.05) is 17.9 Å². The van der Waals surface area contributed by atoms with Gasteiger partial charge in [0.15, 0.2) is 0 Å². The Morgan fingerprint density at radius 3 is 2.49 bits per heavy atom. The zero-order valence-electron chi connectivity index (χ0n) is 18.9. The van der Waals surface area contributed by atoms with Crippen LogP contribution >= 0.6 is 0 Å². The third-order valence-electron chi connectivity index (χ3n) is 6.37. The summed E-state index contributed by atoms with van der Waals surface area (Å²) in [6.45, 7) is 0.914. The van der Waals surface area contributed by atoms with E-state index < -0.39 is 21.4 Å². The van der Waals surface area contributed by atoms with Crippen LogP contribution in [0.2, 0.25) is 0 Å². The summed E-state index contributed by atoms with van der Waals surface area (Å²) < 4.78 is 27.5. The lowest BCUT2D eigenvalue weighted by Gasteiger charge is -2.28. The number of phenolic OH excluding ortho intramolecular Hbond substituents is 1. The van der Waals surface area contributed by atoms with Gasteiger partial charge < -0.3 is 15.0 Å². The first kappa shape index (κ1) is 22.7. The molecule has 1 aliphatic rings. The molecule has 8 nitrogen and oxygen atoms in total. The highest BCUT2D eigenvalue weighted by molar-refractivity contribution is 7.92. The van der Waals surface area contributed by atoms with Gasteiger partial charge in [0.2, 0.25) is 5.43 Å². The van der Waals surface area contributed by atoms with Crippen LogP contribution in [0.15, 0.2) is 82.6 Å². The lowest BCUT2D eigenvalue weighted by atomic mass is 9.99.